The second-order valence-electron chi connectivity index (χ2n) is 12.0. The third-order valence-electron chi connectivity index (χ3n) is 9.16. The molecule has 2 N–H and O–H groups in total. The lowest BCUT2D eigenvalue weighted by Crippen LogP contribution is -2.58. The summed E-state index contributed by atoms with van der Waals surface area (Å²) in [5.41, 5.74) is 8.41. The van der Waals surface area contributed by atoms with E-state index in [1.54, 1.807) is 0 Å². The number of likely N-dealkylation sites (tertiary alicyclic amines) is 1. The predicted molar refractivity (Wildman–Crippen MR) is 124 cm³/mol. The van der Waals surface area contributed by atoms with Gasteiger partial charge < -0.3 is 10.6 Å². The van der Waals surface area contributed by atoms with Gasteiger partial charge in [-0.05, 0) is 65.7 Å². The van der Waals surface area contributed by atoms with Crippen LogP contribution in [0.15, 0.2) is 30.3 Å². The van der Waals surface area contributed by atoms with Gasteiger partial charge in [-0.15, -0.1) is 0 Å². The Morgan fingerprint density at radius 2 is 1.83 bits per heavy atom. The van der Waals surface area contributed by atoms with Crippen LogP contribution in [0, 0.1) is 28.6 Å². The summed E-state index contributed by atoms with van der Waals surface area (Å²) in [6.07, 6.45) is 6.87. The van der Waals surface area contributed by atoms with Gasteiger partial charge in [-0.2, -0.15) is 0 Å². The van der Waals surface area contributed by atoms with E-state index in [0.29, 0.717) is 23.2 Å². The highest BCUT2D eigenvalue weighted by molar-refractivity contribution is 5.80. The fourth-order valence-corrected chi connectivity index (χ4v) is 7.40. The number of nitrogens with zero attached hydrogens (tertiary/aromatic N) is 1. The van der Waals surface area contributed by atoms with Gasteiger partial charge in [-0.1, -0.05) is 71.4 Å². The van der Waals surface area contributed by atoms with E-state index in [2.05, 4.69) is 69.9 Å². The molecule has 2 aliphatic carbocycles. The van der Waals surface area contributed by atoms with Crippen molar-refractivity contribution in [1.29, 1.82) is 0 Å². The van der Waals surface area contributed by atoms with Gasteiger partial charge in [-0.3, -0.25) is 4.79 Å². The van der Waals surface area contributed by atoms with Crippen molar-refractivity contribution in [3.05, 3.63) is 35.9 Å². The van der Waals surface area contributed by atoms with E-state index in [1.807, 2.05) is 0 Å². The molecule has 6 atom stereocenters. The van der Waals surface area contributed by atoms with Crippen LogP contribution in [0.4, 0.5) is 0 Å². The molecule has 0 radical (unpaired) electrons. The van der Waals surface area contributed by atoms with Crippen molar-refractivity contribution in [3.8, 4) is 0 Å². The summed E-state index contributed by atoms with van der Waals surface area (Å²) in [7, 11) is 0. The number of rotatable bonds is 3. The van der Waals surface area contributed by atoms with Crippen LogP contribution in [0.2, 0.25) is 0 Å². The van der Waals surface area contributed by atoms with Crippen LogP contribution >= 0.6 is 0 Å². The van der Waals surface area contributed by atoms with E-state index in [4.69, 9.17) is 5.73 Å². The molecule has 1 amide bonds. The zero-order valence-electron chi connectivity index (χ0n) is 19.8. The van der Waals surface area contributed by atoms with Crippen molar-refractivity contribution < 1.29 is 4.79 Å². The average molecular weight is 411 g/mol. The van der Waals surface area contributed by atoms with Gasteiger partial charge in [-0.25, -0.2) is 0 Å². The highest BCUT2D eigenvalue weighted by atomic mass is 16.2. The van der Waals surface area contributed by atoms with E-state index in [1.165, 1.54) is 31.2 Å². The number of hydrogen-bond acceptors (Lipinski definition) is 2. The summed E-state index contributed by atoms with van der Waals surface area (Å²) in [6.45, 7) is 13.2. The highest BCUT2D eigenvalue weighted by Gasteiger charge is 2.55. The predicted octanol–water partition coefficient (Wildman–Crippen LogP) is 5.38. The number of fused-ring (bicyclic) bond motifs is 2. The monoisotopic (exact) mass is 410 g/mol. The van der Waals surface area contributed by atoms with Crippen LogP contribution in [0.5, 0.6) is 0 Å². The van der Waals surface area contributed by atoms with E-state index in [9.17, 15) is 4.79 Å². The Balaban J connectivity index is 1.64. The summed E-state index contributed by atoms with van der Waals surface area (Å²) in [5, 5.41) is 0. The lowest BCUT2D eigenvalue weighted by molar-refractivity contribution is -0.149. The van der Waals surface area contributed by atoms with E-state index < -0.39 is 0 Å². The molecule has 1 aliphatic heterocycles. The molecule has 30 heavy (non-hydrogen) atoms. The summed E-state index contributed by atoms with van der Waals surface area (Å²) in [4.78, 5) is 16.0. The van der Waals surface area contributed by atoms with Crippen LogP contribution in [0.3, 0.4) is 0 Å². The summed E-state index contributed by atoms with van der Waals surface area (Å²) < 4.78 is 0. The molecule has 1 aromatic rings. The molecule has 0 spiro atoms. The van der Waals surface area contributed by atoms with Crippen LogP contribution in [-0.4, -0.2) is 29.9 Å². The van der Waals surface area contributed by atoms with Crippen molar-refractivity contribution in [2.75, 3.05) is 13.1 Å². The Labute approximate surface area is 183 Å². The molecule has 2 saturated carbocycles. The lowest BCUT2D eigenvalue weighted by Gasteiger charge is -2.58. The standard InChI is InChI=1S/C27H42N2O/c1-6-26(5)15-20-16-27(17-26,21-10-8-7-9-11-21)14-19(2)23(20)24(30)29-13-12-22(28)25(3,4)18-29/h7-11,19-20,22-23H,6,12-18,28H2,1-5H3. The quantitative estimate of drug-likeness (QED) is 0.727. The number of carbonyl (C=O) groups is 1. The van der Waals surface area contributed by atoms with Crippen LogP contribution < -0.4 is 5.73 Å². The van der Waals surface area contributed by atoms with Gasteiger partial charge in [0.2, 0.25) is 5.91 Å². The Hall–Kier alpha value is -1.35. The molecule has 3 heteroatoms. The molecule has 3 nitrogen and oxygen atoms in total. The first-order chi connectivity index (χ1) is 14.1. The Bertz CT molecular complexity index is 770. The fraction of sp³-hybridized carbons (Fsp3) is 0.741. The first-order valence-corrected chi connectivity index (χ1v) is 12.2. The van der Waals surface area contributed by atoms with Crippen LogP contribution in [-0.2, 0) is 10.2 Å². The van der Waals surface area contributed by atoms with Gasteiger partial charge in [0.1, 0.15) is 0 Å². The number of benzene rings is 1. The summed E-state index contributed by atoms with van der Waals surface area (Å²) in [5.74, 6) is 1.49. The zero-order chi connectivity index (χ0) is 21.7. The molecular formula is C27H42N2O. The average Bonchev–Trinajstić information content (AvgIpc) is 2.70. The number of amides is 1. The number of carbonyl (C=O) groups excluding carboxylic acids is 1. The smallest absolute Gasteiger partial charge is 0.226 e. The minimum Gasteiger partial charge on any atom is -0.342 e. The van der Waals surface area contributed by atoms with E-state index >= 15 is 0 Å². The van der Waals surface area contributed by atoms with E-state index in [0.717, 1.165) is 25.9 Å². The van der Waals surface area contributed by atoms with Crippen LogP contribution in [0.1, 0.15) is 78.7 Å². The Kier molecular flexibility index (Phi) is 5.58. The molecule has 3 fully saturated rings. The minimum atomic E-state index is 0.00408. The lowest BCUT2D eigenvalue weighted by atomic mass is 9.47. The number of piperidine rings is 1. The van der Waals surface area contributed by atoms with Crippen molar-refractivity contribution >= 4 is 5.91 Å². The SMILES string of the molecule is CCC1(C)CC2CC(c3ccccc3)(CC(C)C2C(=O)N2CCC(N)C(C)(C)C2)C1. The van der Waals surface area contributed by atoms with Crippen molar-refractivity contribution in [1.82, 2.24) is 4.90 Å². The fourth-order valence-electron chi connectivity index (χ4n) is 7.40. The van der Waals surface area contributed by atoms with Crippen molar-refractivity contribution in [3.63, 3.8) is 0 Å². The normalized spacial score (nSPS) is 40.8. The first-order valence-electron chi connectivity index (χ1n) is 12.2. The molecule has 1 aromatic carbocycles. The zero-order valence-corrected chi connectivity index (χ0v) is 19.8. The Morgan fingerprint density at radius 1 is 1.13 bits per heavy atom. The molecular weight excluding hydrogens is 368 g/mol. The van der Waals surface area contributed by atoms with E-state index in [-0.39, 0.29) is 22.8 Å². The second kappa shape index (κ2) is 7.65. The largest absolute Gasteiger partial charge is 0.342 e. The maximum Gasteiger partial charge on any atom is 0.226 e. The first kappa shape index (κ1) is 21.9. The molecule has 3 aliphatic rings. The van der Waals surface area contributed by atoms with Gasteiger partial charge in [0.05, 0.1) is 0 Å². The van der Waals surface area contributed by atoms with Crippen LogP contribution in [0.25, 0.3) is 0 Å². The molecule has 6 unspecified atom stereocenters. The van der Waals surface area contributed by atoms with Gasteiger partial charge >= 0.3 is 0 Å². The molecule has 2 bridgehead atoms. The molecule has 1 heterocycles. The number of hydrogen-bond donors (Lipinski definition) is 1. The highest BCUT2D eigenvalue weighted by Crippen LogP contribution is 2.60. The third-order valence-corrected chi connectivity index (χ3v) is 9.16. The van der Waals surface area contributed by atoms with Crippen molar-refractivity contribution in [2.45, 2.75) is 84.6 Å². The van der Waals surface area contributed by atoms with Gasteiger partial charge in [0.25, 0.3) is 0 Å². The topological polar surface area (TPSA) is 46.3 Å². The third kappa shape index (κ3) is 3.72. The van der Waals surface area contributed by atoms with Gasteiger partial charge in [0, 0.05) is 25.0 Å². The summed E-state index contributed by atoms with van der Waals surface area (Å²) in [6, 6.07) is 11.4. The molecule has 1 saturated heterocycles. The molecule has 4 rings (SSSR count). The Morgan fingerprint density at radius 3 is 2.47 bits per heavy atom. The maximum atomic E-state index is 13.9. The van der Waals surface area contributed by atoms with Crippen molar-refractivity contribution in [2.24, 2.45) is 34.3 Å². The van der Waals surface area contributed by atoms with Gasteiger partial charge in [0.15, 0.2) is 0 Å². The molecule has 166 valence electrons. The maximum absolute atomic E-state index is 13.9. The second-order valence-corrected chi connectivity index (χ2v) is 12.0. The number of nitrogens with two attached hydrogens (primary N) is 1. The summed E-state index contributed by atoms with van der Waals surface area (Å²) >= 11 is 0. The molecule has 0 aromatic heterocycles. The minimum absolute atomic E-state index is 0.00408.